The van der Waals surface area contributed by atoms with Crippen LogP contribution in [0.1, 0.15) is 42.7 Å². The monoisotopic (exact) mass is 388 g/mol. The van der Waals surface area contributed by atoms with Crippen molar-refractivity contribution < 1.29 is 9.59 Å². The predicted octanol–water partition coefficient (Wildman–Crippen LogP) is 3.90. The van der Waals surface area contributed by atoms with Crippen molar-refractivity contribution in [2.45, 2.75) is 26.7 Å². The molecule has 4 rings (SSSR count). The van der Waals surface area contributed by atoms with Gasteiger partial charge in [-0.15, -0.1) is 0 Å². The minimum Gasteiger partial charge on any atom is -0.325 e. The van der Waals surface area contributed by atoms with Gasteiger partial charge < -0.3 is 10.2 Å². The van der Waals surface area contributed by atoms with E-state index in [9.17, 15) is 9.59 Å². The van der Waals surface area contributed by atoms with Crippen molar-refractivity contribution in [3.05, 3.63) is 54.0 Å². The maximum Gasteiger partial charge on any atom is 0.224 e. The van der Waals surface area contributed by atoms with Gasteiger partial charge in [-0.1, -0.05) is 26.0 Å². The van der Waals surface area contributed by atoms with E-state index < -0.39 is 0 Å². The molecule has 2 aromatic heterocycles. The van der Waals surface area contributed by atoms with Crippen LogP contribution < -0.4 is 5.32 Å². The average molecular weight is 388 g/mol. The molecule has 6 heteroatoms. The van der Waals surface area contributed by atoms with Crippen LogP contribution in [-0.4, -0.2) is 46.2 Å². The number of aromatic nitrogens is 2. The number of nitrogens with one attached hydrogen (secondary N) is 1. The van der Waals surface area contributed by atoms with Gasteiger partial charge in [0, 0.05) is 35.3 Å². The number of anilines is 1. The number of hydrogen-bond donors (Lipinski definition) is 1. The minimum absolute atomic E-state index is 0.0536. The summed E-state index contributed by atoms with van der Waals surface area (Å²) in [6.45, 7) is 7.10. The Balaban J connectivity index is 1.65. The first kappa shape index (κ1) is 19.2. The van der Waals surface area contributed by atoms with Crippen LogP contribution in [0, 0.1) is 0 Å². The van der Waals surface area contributed by atoms with Crippen LogP contribution in [0.4, 0.5) is 5.69 Å². The van der Waals surface area contributed by atoms with Crippen molar-refractivity contribution in [2.75, 3.05) is 25.0 Å². The zero-order chi connectivity index (χ0) is 20.4. The normalized spacial score (nSPS) is 12.3. The summed E-state index contributed by atoms with van der Waals surface area (Å²) >= 11 is 0. The molecule has 0 unspecified atom stereocenters. The number of benzene rings is 1. The molecular weight excluding hydrogens is 364 g/mol. The topological polar surface area (TPSA) is 75.2 Å². The maximum atomic E-state index is 13.0. The van der Waals surface area contributed by atoms with E-state index in [-0.39, 0.29) is 11.7 Å². The molecule has 6 nitrogen and oxygen atoms in total. The van der Waals surface area contributed by atoms with Gasteiger partial charge in [0.25, 0.3) is 0 Å². The van der Waals surface area contributed by atoms with Crippen LogP contribution in [-0.2, 0) is 4.79 Å². The molecule has 1 aliphatic carbocycles. The van der Waals surface area contributed by atoms with Gasteiger partial charge in [-0.05, 0) is 49.6 Å². The number of hydrogen-bond acceptors (Lipinski definition) is 5. The first-order chi connectivity index (χ1) is 14.1. The highest BCUT2D eigenvalue weighted by Gasteiger charge is 2.29. The maximum absolute atomic E-state index is 13.0. The van der Waals surface area contributed by atoms with E-state index in [0.29, 0.717) is 34.6 Å². The van der Waals surface area contributed by atoms with E-state index >= 15 is 0 Å². The number of amides is 1. The molecule has 1 aromatic carbocycles. The molecule has 2 heterocycles. The van der Waals surface area contributed by atoms with E-state index in [1.165, 1.54) is 0 Å². The van der Waals surface area contributed by atoms with Gasteiger partial charge >= 0.3 is 0 Å². The minimum atomic E-state index is -0.135. The highest BCUT2D eigenvalue weighted by molar-refractivity contribution is 6.25. The standard InChI is InChI=1S/C23H24N4O2/c1-3-27(4-2)14-6-9-18(28)26-17-8-5-7-16-20(17)21-19-15(10-12-24-21)11-13-25-22(19)23(16)29/h5,7-8,10-13H,3-4,6,9,14H2,1-2H3,(H,26,28). The first-order valence-electron chi connectivity index (χ1n) is 10.1. The van der Waals surface area contributed by atoms with Crippen molar-refractivity contribution >= 4 is 28.2 Å². The lowest BCUT2D eigenvalue weighted by molar-refractivity contribution is -0.116. The Morgan fingerprint density at radius 3 is 2.48 bits per heavy atom. The first-order valence-corrected chi connectivity index (χ1v) is 10.1. The highest BCUT2D eigenvalue weighted by Crippen LogP contribution is 2.40. The molecule has 0 bridgehead atoms. The largest absolute Gasteiger partial charge is 0.325 e. The van der Waals surface area contributed by atoms with Crippen LogP contribution in [0.25, 0.3) is 22.0 Å². The fourth-order valence-electron chi connectivity index (χ4n) is 3.93. The zero-order valence-corrected chi connectivity index (χ0v) is 16.7. The summed E-state index contributed by atoms with van der Waals surface area (Å²) in [4.78, 5) is 36.8. The summed E-state index contributed by atoms with van der Waals surface area (Å²) < 4.78 is 0. The Morgan fingerprint density at radius 1 is 1.03 bits per heavy atom. The van der Waals surface area contributed by atoms with Crippen molar-refractivity contribution in [2.24, 2.45) is 0 Å². The number of nitrogens with zero attached hydrogens (tertiary/aromatic N) is 3. The highest BCUT2D eigenvalue weighted by atomic mass is 16.1. The van der Waals surface area contributed by atoms with Gasteiger partial charge in [-0.2, -0.15) is 0 Å². The van der Waals surface area contributed by atoms with Gasteiger partial charge in [0.1, 0.15) is 5.69 Å². The third-order valence-corrected chi connectivity index (χ3v) is 5.49. The predicted molar refractivity (Wildman–Crippen MR) is 114 cm³/mol. The third kappa shape index (κ3) is 3.51. The summed E-state index contributed by atoms with van der Waals surface area (Å²) in [5.74, 6) is -0.189. The lowest BCUT2D eigenvalue weighted by Crippen LogP contribution is -2.25. The molecule has 1 aliphatic rings. The third-order valence-electron chi connectivity index (χ3n) is 5.49. The lowest BCUT2D eigenvalue weighted by atomic mass is 9.87. The van der Waals surface area contributed by atoms with Crippen molar-refractivity contribution in [1.29, 1.82) is 0 Å². The number of carbonyl (C=O) groups excluding carboxylic acids is 2. The Bertz CT molecular complexity index is 1080. The summed E-state index contributed by atoms with van der Waals surface area (Å²) in [6.07, 6.45) is 4.60. The number of pyridine rings is 2. The van der Waals surface area contributed by atoms with E-state index in [1.807, 2.05) is 18.2 Å². The molecule has 0 fully saturated rings. The Labute approximate surface area is 170 Å². The second-order valence-corrected chi connectivity index (χ2v) is 7.15. The molecule has 0 saturated carbocycles. The van der Waals surface area contributed by atoms with Crippen LogP contribution in [0.5, 0.6) is 0 Å². The fourth-order valence-corrected chi connectivity index (χ4v) is 3.93. The van der Waals surface area contributed by atoms with E-state index in [2.05, 4.69) is 34.0 Å². The molecule has 1 amide bonds. The number of ketones is 1. The SMILES string of the molecule is CCN(CC)CCCC(=O)Nc1cccc2c1-c1nccc3ccnc(c13)C2=O. The Morgan fingerprint density at radius 2 is 1.76 bits per heavy atom. The van der Waals surface area contributed by atoms with Crippen LogP contribution in [0.3, 0.4) is 0 Å². The molecule has 0 spiro atoms. The van der Waals surface area contributed by atoms with Gasteiger partial charge in [0.15, 0.2) is 0 Å². The fraction of sp³-hybridized carbons (Fsp3) is 0.304. The van der Waals surface area contributed by atoms with Crippen LogP contribution in [0.2, 0.25) is 0 Å². The molecular formula is C23H24N4O2. The van der Waals surface area contributed by atoms with Gasteiger partial charge in [0.05, 0.1) is 11.4 Å². The van der Waals surface area contributed by atoms with Crippen molar-refractivity contribution in [3.63, 3.8) is 0 Å². The Kier molecular flexibility index (Phi) is 5.36. The summed E-state index contributed by atoms with van der Waals surface area (Å²) in [6, 6.07) is 9.13. The summed E-state index contributed by atoms with van der Waals surface area (Å²) in [7, 11) is 0. The second kappa shape index (κ2) is 8.09. The smallest absolute Gasteiger partial charge is 0.224 e. The van der Waals surface area contributed by atoms with E-state index in [0.717, 1.165) is 36.8 Å². The van der Waals surface area contributed by atoms with Crippen molar-refractivity contribution in [1.82, 2.24) is 14.9 Å². The number of carbonyl (C=O) groups is 2. The zero-order valence-electron chi connectivity index (χ0n) is 16.7. The molecule has 0 aliphatic heterocycles. The van der Waals surface area contributed by atoms with Gasteiger partial charge in [0.2, 0.25) is 11.7 Å². The molecule has 0 saturated heterocycles. The molecule has 0 radical (unpaired) electrons. The summed E-state index contributed by atoms with van der Waals surface area (Å²) in [5, 5.41) is 4.67. The van der Waals surface area contributed by atoms with Gasteiger partial charge in [-0.3, -0.25) is 19.6 Å². The second-order valence-electron chi connectivity index (χ2n) is 7.15. The van der Waals surface area contributed by atoms with Crippen LogP contribution in [0.15, 0.2) is 42.7 Å². The number of fused-ring (bicyclic) bond motifs is 2. The van der Waals surface area contributed by atoms with E-state index in [4.69, 9.17) is 0 Å². The number of rotatable bonds is 7. The molecule has 3 aromatic rings. The lowest BCUT2D eigenvalue weighted by Gasteiger charge is -2.21. The average Bonchev–Trinajstić information content (AvgIpc) is 2.75. The Hall–Kier alpha value is -3.12. The molecule has 29 heavy (non-hydrogen) atoms. The molecule has 148 valence electrons. The molecule has 0 atom stereocenters. The van der Waals surface area contributed by atoms with Gasteiger partial charge in [-0.25, -0.2) is 0 Å². The van der Waals surface area contributed by atoms with Crippen molar-refractivity contribution in [3.8, 4) is 11.3 Å². The quantitative estimate of drug-likeness (QED) is 0.520. The summed E-state index contributed by atoms with van der Waals surface area (Å²) in [5.41, 5.74) is 2.94. The molecule has 1 N–H and O–H groups in total. The van der Waals surface area contributed by atoms with E-state index in [1.54, 1.807) is 24.5 Å². The van der Waals surface area contributed by atoms with Crippen LogP contribution >= 0.6 is 0 Å².